The fourth-order valence-electron chi connectivity index (χ4n) is 0.611. The number of primary amides is 1. The molecule has 0 aliphatic heterocycles. The third kappa shape index (κ3) is 5.86. The number of aliphatic hydroxyl groups is 1. The van der Waals surface area contributed by atoms with Gasteiger partial charge >= 0.3 is 0 Å². The van der Waals surface area contributed by atoms with Crippen LogP contribution < -0.4 is 11.1 Å². The van der Waals surface area contributed by atoms with E-state index in [1.807, 2.05) is 0 Å². The van der Waals surface area contributed by atoms with Crippen LogP contribution in [0.5, 0.6) is 0 Å². The Morgan fingerprint density at radius 3 is 2.46 bits per heavy atom. The summed E-state index contributed by atoms with van der Waals surface area (Å²) in [6, 6.07) is 0. The minimum atomic E-state index is -1.32. The fraction of sp³-hybridized carbons (Fsp3) is 0.500. The van der Waals surface area contributed by atoms with Crippen LogP contribution in [0.3, 0.4) is 0 Å². The van der Waals surface area contributed by atoms with Crippen LogP contribution in [0, 0.1) is 0 Å². The number of carbonyl (C=O) groups excluding carboxylic acids is 2. The smallest absolute Gasteiger partial charge is 0.248 e. The van der Waals surface area contributed by atoms with Gasteiger partial charge in [0, 0.05) is 6.08 Å². The van der Waals surface area contributed by atoms with Gasteiger partial charge in [-0.1, -0.05) is 5.57 Å². The molecule has 0 saturated heterocycles. The quantitative estimate of drug-likeness (QED) is 0.487. The fourth-order valence-corrected chi connectivity index (χ4v) is 0.611. The highest BCUT2D eigenvalue weighted by atomic mass is 16.3. The van der Waals surface area contributed by atoms with Crippen molar-refractivity contribution < 1.29 is 14.7 Å². The van der Waals surface area contributed by atoms with Crippen LogP contribution in [0.1, 0.15) is 13.8 Å². The van der Waals surface area contributed by atoms with Crippen molar-refractivity contribution in [3.63, 3.8) is 0 Å². The van der Waals surface area contributed by atoms with E-state index in [4.69, 9.17) is 10.8 Å². The minimum absolute atomic E-state index is 0.155. The number of nitrogens with one attached hydrogen (secondary N) is 1. The van der Waals surface area contributed by atoms with Crippen molar-refractivity contribution in [3.8, 4) is 0 Å². The van der Waals surface area contributed by atoms with Crippen LogP contribution in [-0.2, 0) is 9.59 Å². The number of rotatable bonds is 4. The van der Waals surface area contributed by atoms with Gasteiger partial charge < -0.3 is 16.2 Å². The molecule has 0 aromatic heterocycles. The summed E-state index contributed by atoms with van der Waals surface area (Å²) in [6.07, 6.45) is 0.0442. The number of amides is 2. The Morgan fingerprint density at radius 1 is 1.54 bits per heavy atom. The van der Waals surface area contributed by atoms with Crippen molar-refractivity contribution >= 4 is 11.8 Å². The monoisotopic (exact) mass is 186 g/mol. The zero-order valence-corrected chi connectivity index (χ0v) is 7.70. The summed E-state index contributed by atoms with van der Waals surface area (Å²) in [5, 5.41) is 11.2. The van der Waals surface area contributed by atoms with Gasteiger partial charge in [-0.3, -0.25) is 9.59 Å². The lowest BCUT2D eigenvalue weighted by molar-refractivity contribution is -0.126. The van der Waals surface area contributed by atoms with Gasteiger partial charge in [0.05, 0.1) is 6.54 Å². The van der Waals surface area contributed by atoms with E-state index >= 15 is 0 Å². The normalized spacial score (nSPS) is 11.6. The number of allylic oxidation sites excluding steroid dienone is 1. The summed E-state index contributed by atoms with van der Waals surface area (Å²) >= 11 is 0. The molecule has 0 radical (unpaired) electrons. The minimum Gasteiger partial charge on any atom is -0.381 e. The maximum absolute atomic E-state index is 10.9. The molecule has 0 aromatic rings. The van der Waals surface area contributed by atoms with E-state index in [0.29, 0.717) is 0 Å². The zero-order chi connectivity index (χ0) is 10.4. The zero-order valence-electron chi connectivity index (χ0n) is 7.70. The predicted molar refractivity (Wildman–Crippen MR) is 47.6 cm³/mol. The topological polar surface area (TPSA) is 92.4 Å². The second-order valence-corrected chi connectivity index (χ2v) is 2.89. The maximum Gasteiger partial charge on any atom is 0.248 e. The molecule has 5 nitrogen and oxygen atoms in total. The van der Waals surface area contributed by atoms with Crippen molar-refractivity contribution in [1.29, 1.82) is 0 Å². The van der Waals surface area contributed by atoms with Crippen molar-refractivity contribution in [3.05, 3.63) is 11.6 Å². The Hall–Kier alpha value is -1.36. The third-order valence-electron chi connectivity index (χ3n) is 1.22. The van der Waals surface area contributed by atoms with Crippen LogP contribution in [0.15, 0.2) is 11.6 Å². The second kappa shape index (κ2) is 5.31. The van der Waals surface area contributed by atoms with E-state index in [1.54, 1.807) is 13.8 Å². The molecule has 13 heavy (non-hydrogen) atoms. The molecule has 0 heterocycles. The second-order valence-electron chi connectivity index (χ2n) is 2.89. The summed E-state index contributed by atoms with van der Waals surface area (Å²) in [4.78, 5) is 21.3. The van der Waals surface area contributed by atoms with Gasteiger partial charge in [-0.25, -0.2) is 0 Å². The van der Waals surface area contributed by atoms with Crippen molar-refractivity contribution in [2.75, 3.05) is 6.54 Å². The molecule has 5 heteroatoms. The van der Waals surface area contributed by atoms with Gasteiger partial charge in [0.15, 0.2) is 0 Å². The van der Waals surface area contributed by atoms with E-state index in [0.717, 1.165) is 5.57 Å². The molecule has 1 atom stereocenters. The average molecular weight is 186 g/mol. The average Bonchev–Trinajstić information content (AvgIpc) is 1.98. The highest BCUT2D eigenvalue weighted by molar-refractivity contribution is 5.88. The first-order valence-electron chi connectivity index (χ1n) is 3.83. The SMILES string of the molecule is CC(C)=CC(=O)NCC(O)C(N)=O. The van der Waals surface area contributed by atoms with Gasteiger partial charge in [-0.15, -0.1) is 0 Å². The van der Waals surface area contributed by atoms with E-state index < -0.39 is 12.0 Å². The standard InChI is InChI=1S/C8H14N2O3/c1-5(2)3-7(12)10-4-6(11)8(9)13/h3,6,11H,4H2,1-2H3,(H2,9,13)(H,10,12). The summed E-state index contributed by atoms with van der Waals surface area (Å²) in [6.45, 7) is 3.38. The first-order chi connectivity index (χ1) is 5.93. The highest BCUT2D eigenvalue weighted by Crippen LogP contribution is 1.87. The molecule has 1 unspecified atom stereocenters. The number of aliphatic hydroxyl groups excluding tert-OH is 1. The van der Waals surface area contributed by atoms with E-state index in [2.05, 4.69) is 5.32 Å². The molecule has 4 N–H and O–H groups in total. The number of carbonyl (C=O) groups is 2. The third-order valence-corrected chi connectivity index (χ3v) is 1.22. The van der Waals surface area contributed by atoms with Gasteiger partial charge in [-0.2, -0.15) is 0 Å². The molecule has 0 aliphatic carbocycles. The van der Waals surface area contributed by atoms with Gasteiger partial charge in [0.2, 0.25) is 11.8 Å². The molecule has 0 fully saturated rings. The van der Waals surface area contributed by atoms with Crippen LogP contribution in [0.4, 0.5) is 0 Å². The molecule has 0 bridgehead atoms. The number of hydrogen-bond donors (Lipinski definition) is 3. The van der Waals surface area contributed by atoms with Crippen molar-refractivity contribution in [2.45, 2.75) is 20.0 Å². The van der Waals surface area contributed by atoms with Gasteiger partial charge in [0.25, 0.3) is 0 Å². The molecule has 0 saturated carbocycles. The summed E-state index contributed by atoms with van der Waals surface area (Å²) < 4.78 is 0. The molecule has 74 valence electrons. The van der Waals surface area contributed by atoms with Crippen LogP contribution in [0.25, 0.3) is 0 Å². The lowest BCUT2D eigenvalue weighted by Crippen LogP contribution is -2.39. The van der Waals surface area contributed by atoms with Gasteiger partial charge in [-0.05, 0) is 13.8 Å². The highest BCUT2D eigenvalue weighted by Gasteiger charge is 2.10. The summed E-state index contributed by atoms with van der Waals surface area (Å²) in [5.41, 5.74) is 5.61. The first kappa shape index (κ1) is 11.6. The van der Waals surface area contributed by atoms with Crippen molar-refractivity contribution in [2.24, 2.45) is 5.73 Å². The Labute approximate surface area is 76.6 Å². The Kier molecular flexibility index (Phi) is 4.76. The molecule has 0 rings (SSSR count). The van der Waals surface area contributed by atoms with Crippen LogP contribution >= 0.6 is 0 Å². The Balaban J connectivity index is 3.84. The van der Waals surface area contributed by atoms with E-state index in [9.17, 15) is 9.59 Å². The molecule has 0 aromatic carbocycles. The summed E-state index contributed by atoms with van der Waals surface area (Å²) in [5.74, 6) is -1.20. The lowest BCUT2D eigenvalue weighted by Gasteiger charge is -2.06. The predicted octanol–water partition coefficient (Wildman–Crippen LogP) is -1.08. The van der Waals surface area contributed by atoms with Gasteiger partial charge in [0.1, 0.15) is 6.10 Å². The molecule has 0 spiro atoms. The van der Waals surface area contributed by atoms with Crippen molar-refractivity contribution in [1.82, 2.24) is 5.32 Å². The first-order valence-corrected chi connectivity index (χ1v) is 3.83. The molecular weight excluding hydrogens is 172 g/mol. The largest absolute Gasteiger partial charge is 0.381 e. The number of hydrogen-bond acceptors (Lipinski definition) is 3. The molecule has 0 aliphatic rings. The van der Waals surface area contributed by atoms with Crippen LogP contribution in [0.2, 0.25) is 0 Å². The Bertz CT molecular complexity index is 232. The maximum atomic E-state index is 10.9. The molecule has 2 amide bonds. The molecular formula is C8H14N2O3. The lowest BCUT2D eigenvalue weighted by atomic mass is 10.3. The van der Waals surface area contributed by atoms with E-state index in [1.165, 1.54) is 6.08 Å². The summed E-state index contributed by atoms with van der Waals surface area (Å²) in [7, 11) is 0. The Morgan fingerprint density at radius 2 is 2.08 bits per heavy atom. The van der Waals surface area contributed by atoms with E-state index in [-0.39, 0.29) is 12.5 Å². The number of nitrogens with two attached hydrogens (primary N) is 1. The van der Waals surface area contributed by atoms with Crippen LogP contribution in [-0.4, -0.2) is 29.6 Å².